The van der Waals surface area contributed by atoms with E-state index < -0.39 is 23.6 Å². The van der Waals surface area contributed by atoms with Gasteiger partial charge in [0.2, 0.25) is 0 Å². The van der Waals surface area contributed by atoms with Gasteiger partial charge in [-0.1, -0.05) is 18.2 Å². The smallest absolute Gasteiger partial charge is 0.416 e. The highest BCUT2D eigenvalue weighted by Crippen LogP contribution is 2.46. The van der Waals surface area contributed by atoms with E-state index in [1.54, 1.807) is 6.92 Å². The number of nitrogens with one attached hydrogen (secondary N) is 1. The van der Waals surface area contributed by atoms with Gasteiger partial charge >= 0.3 is 12.1 Å². The number of dihydropyridines is 1. The summed E-state index contributed by atoms with van der Waals surface area (Å²) in [6.07, 6.45) is -1.81. The van der Waals surface area contributed by atoms with Crippen LogP contribution in [0, 0.1) is 0 Å². The van der Waals surface area contributed by atoms with Gasteiger partial charge in [0.25, 0.3) is 0 Å². The first-order chi connectivity index (χ1) is 14.8. The zero-order valence-electron chi connectivity index (χ0n) is 17.2. The van der Waals surface area contributed by atoms with E-state index in [-0.39, 0.29) is 41.6 Å². The monoisotopic (exact) mass is 435 g/mol. The molecule has 8 heteroatoms. The Labute approximate surface area is 178 Å². The second-order valence-electron chi connectivity index (χ2n) is 8.08. The van der Waals surface area contributed by atoms with Crippen molar-refractivity contribution in [3.05, 3.63) is 57.9 Å². The first-order valence-corrected chi connectivity index (χ1v) is 10.5. The molecule has 0 radical (unpaired) electrons. The van der Waals surface area contributed by atoms with Crippen LogP contribution in [0.4, 0.5) is 13.2 Å². The van der Waals surface area contributed by atoms with Crippen molar-refractivity contribution in [1.82, 2.24) is 5.32 Å². The molecule has 2 aliphatic heterocycles. The van der Waals surface area contributed by atoms with Crippen LogP contribution in [0.15, 0.2) is 46.8 Å². The molecule has 1 aromatic carbocycles. The molecule has 0 aromatic heterocycles. The molecule has 1 N–H and O–H groups in total. The number of carbonyl (C=O) groups is 2. The maximum absolute atomic E-state index is 13.8. The predicted octanol–water partition coefficient (Wildman–Crippen LogP) is 4.40. The SMILES string of the molecule is CC1=C(C(=O)OCC2CCCO2)C(c2ccccc2C(F)(F)F)C2=C(CCCC2=O)N1. The number of allylic oxidation sites excluding steroid dienone is 3. The average Bonchev–Trinajstić information content (AvgIpc) is 3.24. The number of hydrogen-bond donors (Lipinski definition) is 1. The van der Waals surface area contributed by atoms with Crippen LogP contribution < -0.4 is 5.32 Å². The maximum atomic E-state index is 13.8. The topological polar surface area (TPSA) is 64.6 Å². The highest BCUT2D eigenvalue weighted by atomic mass is 19.4. The van der Waals surface area contributed by atoms with Gasteiger partial charge in [-0.25, -0.2) is 4.79 Å². The molecule has 2 heterocycles. The summed E-state index contributed by atoms with van der Waals surface area (Å²) in [4.78, 5) is 25.9. The van der Waals surface area contributed by atoms with E-state index in [1.807, 2.05) is 0 Å². The summed E-state index contributed by atoms with van der Waals surface area (Å²) in [5.74, 6) is -2.10. The fraction of sp³-hybridized carbons (Fsp3) is 0.478. The summed E-state index contributed by atoms with van der Waals surface area (Å²) in [7, 11) is 0. The lowest BCUT2D eigenvalue weighted by atomic mass is 9.74. The Bertz CT molecular complexity index is 958. The van der Waals surface area contributed by atoms with Gasteiger partial charge in [-0.05, 0) is 44.2 Å². The molecule has 5 nitrogen and oxygen atoms in total. The molecule has 31 heavy (non-hydrogen) atoms. The molecular formula is C23H24F3NO4. The third kappa shape index (κ3) is 4.26. The third-order valence-electron chi connectivity index (χ3n) is 6.00. The van der Waals surface area contributed by atoms with Crippen molar-refractivity contribution >= 4 is 11.8 Å². The largest absolute Gasteiger partial charge is 0.459 e. The second-order valence-corrected chi connectivity index (χ2v) is 8.08. The van der Waals surface area contributed by atoms with Crippen LogP contribution >= 0.6 is 0 Å². The lowest BCUT2D eigenvalue weighted by molar-refractivity contribution is -0.143. The van der Waals surface area contributed by atoms with Crippen LogP contribution in [0.2, 0.25) is 0 Å². The number of ether oxygens (including phenoxy) is 2. The fourth-order valence-corrected chi connectivity index (χ4v) is 4.59. The molecule has 1 aromatic rings. The Balaban J connectivity index is 1.78. The van der Waals surface area contributed by atoms with Crippen molar-refractivity contribution in [1.29, 1.82) is 0 Å². The minimum Gasteiger partial charge on any atom is -0.459 e. The molecule has 0 amide bonds. The number of Topliss-reactive ketones (excluding diaryl/α,β-unsaturated/α-hetero) is 1. The van der Waals surface area contributed by atoms with Crippen molar-refractivity contribution in [2.24, 2.45) is 0 Å². The van der Waals surface area contributed by atoms with Crippen LogP contribution in [0.1, 0.15) is 56.1 Å². The molecule has 3 aliphatic rings. The number of carbonyl (C=O) groups excluding carboxylic acids is 2. The lowest BCUT2D eigenvalue weighted by Crippen LogP contribution is -2.35. The third-order valence-corrected chi connectivity index (χ3v) is 6.00. The highest BCUT2D eigenvalue weighted by Gasteiger charge is 2.43. The van der Waals surface area contributed by atoms with Gasteiger partial charge in [0.1, 0.15) is 6.61 Å². The summed E-state index contributed by atoms with van der Waals surface area (Å²) in [5, 5.41) is 3.09. The number of ketones is 1. The number of rotatable bonds is 4. The minimum atomic E-state index is -4.62. The summed E-state index contributed by atoms with van der Waals surface area (Å²) in [5.41, 5.74) is 0.313. The zero-order chi connectivity index (χ0) is 22.2. The molecule has 0 saturated carbocycles. The molecular weight excluding hydrogens is 411 g/mol. The molecule has 1 aliphatic carbocycles. The molecule has 0 bridgehead atoms. The highest BCUT2D eigenvalue weighted by molar-refractivity contribution is 6.03. The predicted molar refractivity (Wildman–Crippen MR) is 106 cm³/mol. The van der Waals surface area contributed by atoms with Gasteiger partial charge in [-0.15, -0.1) is 0 Å². The van der Waals surface area contributed by atoms with Gasteiger partial charge in [0.05, 0.1) is 17.2 Å². The maximum Gasteiger partial charge on any atom is 0.416 e. The Morgan fingerprint density at radius 3 is 2.71 bits per heavy atom. The van der Waals surface area contributed by atoms with Gasteiger partial charge in [0.15, 0.2) is 5.78 Å². The Morgan fingerprint density at radius 2 is 2.00 bits per heavy atom. The fourth-order valence-electron chi connectivity index (χ4n) is 4.59. The van der Waals surface area contributed by atoms with Crippen LogP contribution in [0.5, 0.6) is 0 Å². The minimum absolute atomic E-state index is 0.0309. The van der Waals surface area contributed by atoms with Crippen LogP contribution in [-0.4, -0.2) is 31.1 Å². The summed E-state index contributed by atoms with van der Waals surface area (Å²) < 4.78 is 52.4. The van der Waals surface area contributed by atoms with E-state index >= 15 is 0 Å². The number of benzene rings is 1. The molecule has 166 valence electrons. The lowest BCUT2D eigenvalue weighted by Gasteiger charge is -2.35. The Hall–Kier alpha value is -2.61. The van der Waals surface area contributed by atoms with Crippen LogP contribution in [0.3, 0.4) is 0 Å². The Kier molecular flexibility index (Phi) is 5.92. The zero-order valence-corrected chi connectivity index (χ0v) is 17.2. The van der Waals surface area contributed by atoms with Gasteiger partial charge < -0.3 is 14.8 Å². The van der Waals surface area contributed by atoms with Crippen molar-refractivity contribution in [3.63, 3.8) is 0 Å². The molecule has 2 unspecified atom stereocenters. The van der Waals surface area contributed by atoms with Crippen molar-refractivity contribution in [2.45, 2.75) is 57.2 Å². The molecule has 0 spiro atoms. The quantitative estimate of drug-likeness (QED) is 0.711. The van der Waals surface area contributed by atoms with Crippen molar-refractivity contribution in [3.8, 4) is 0 Å². The van der Waals surface area contributed by atoms with E-state index in [4.69, 9.17) is 9.47 Å². The average molecular weight is 435 g/mol. The van der Waals surface area contributed by atoms with E-state index in [1.165, 1.54) is 18.2 Å². The second kappa shape index (κ2) is 8.49. The summed E-state index contributed by atoms with van der Waals surface area (Å²) in [6, 6.07) is 5.11. The number of halogens is 3. The molecule has 1 fully saturated rings. The first-order valence-electron chi connectivity index (χ1n) is 10.5. The van der Waals surface area contributed by atoms with E-state index in [2.05, 4.69) is 5.32 Å². The first kappa shape index (κ1) is 21.6. The normalized spacial score (nSPS) is 24.2. The standard InChI is InChI=1S/C23H24F3NO4/c1-13-19(22(29)31-12-14-6-5-11-30-14)20(21-17(27-13)9-4-10-18(21)28)15-7-2-3-8-16(15)23(24,25)26/h2-3,7-8,14,20,27H,4-6,9-12H2,1H3. The number of esters is 1. The van der Waals surface area contributed by atoms with Gasteiger partial charge in [0, 0.05) is 35.9 Å². The van der Waals surface area contributed by atoms with Crippen LogP contribution in [-0.2, 0) is 25.2 Å². The molecule has 4 rings (SSSR count). The summed E-state index contributed by atoms with van der Waals surface area (Å²) in [6.45, 7) is 2.26. The summed E-state index contributed by atoms with van der Waals surface area (Å²) >= 11 is 0. The van der Waals surface area contributed by atoms with E-state index in [0.717, 1.165) is 18.9 Å². The van der Waals surface area contributed by atoms with E-state index in [9.17, 15) is 22.8 Å². The van der Waals surface area contributed by atoms with Gasteiger partial charge in [-0.2, -0.15) is 13.2 Å². The molecule has 1 saturated heterocycles. The van der Waals surface area contributed by atoms with E-state index in [0.29, 0.717) is 30.8 Å². The van der Waals surface area contributed by atoms with Crippen molar-refractivity contribution < 1.29 is 32.2 Å². The Morgan fingerprint density at radius 1 is 1.23 bits per heavy atom. The number of alkyl halides is 3. The van der Waals surface area contributed by atoms with Crippen LogP contribution in [0.25, 0.3) is 0 Å². The van der Waals surface area contributed by atoms with Crippen molar-refractivity contribution in [2.75, 3.05) is 13.2 Å². The molecule has 2 atom stereocenters. The number of hydrogen-bond acceptors (Lipinski definition) is 5. The van der Waals surface area contributed by atoms with Gasteiger partial charge in [-0.3, -0.25) is 4.79 Å².